The molecule has 0 aliphatic carbocycles. The number of carbonyl (C=O) groups excluding carboxylic acids is 1. The van der Waals surface area contributed by atoms with E-state index in [-0.39, 0.29) is 16.9 Å². The van der Waals surface area contributed by atoms with Gasteiger partial charge in [0.05, 0.1) is 13.2 Å². The third-order valence-corrected chi connectivity index (χ3v) is 2.50. The predicted octanol–water partition coefficient (Wildman–Crippen LogP) is 0.917. The van der Waals surface area contributed by atoms with Crippen LogP contribution in [0.5, 0.6) is 0 Å². The second-order valence-corrected chi connectivity index (χ2v) is 6.03. The van der Waals surface area contributed by atoms with Gasteiger partial charge in [-0.1, -0.05) is 6.92 Å². The fraction of sp³-hybridized carbons (Fsp3) is 0.917. The Morgan fingerprint density at radius 2 is 2.00 bits per heavy atom. The molecule has 2 N–H and O–H groups in total. The van der Waals surface area contributed by atoms with Crippen molar-refractivity contribution in [2.24, 2.45) is 5.41 Å². The minimum atomic E-state index is -0.134. The van der Waals surface area contributed by atoms with Crippen molar-refractivity contribution in [2.45, 2.75) is 39.7 Å². The SMILES string of the molecule is CC1(CNCCC(=O)NC(C)(C)C)COC1. The van der Waals surface area contributed by atoms with Crippen LogP contribution >= 0.6 is 0 Å². The maximum Gasteiger partial charge on any atom is 0.221 e. The molecule has 1 aliphatic rings. The molecule has 0 bridgehead atoms. The van der Waals surface area contributed by atoms with E-state index >= 15 is 0 Å². The average Bonchev–Trinajstić information content (AvgIpc) is 2.06. The molecule has 0 atom stereocenters. The van der Waals surface area contributed by atoms with Gasteiger partial charge in [0.1, 0.15) is 0 Å². The zero-order chi connectivity index (χ0) is 12.2. The van der Waals surface area contributed by atoms with E-state index in [1.807, 2.05) is 20.8 Å². The molecular weight excluding hydrogens is 204 g/mol. The summed E-state index contributed by atoms with van der Waals surface area (Å²) < 4.78 is 5.16. The van der Waals surface area contributed by atoms with Gasteiger partial charge in [-0.2, -0.15) is 0 Å². The molecule has 4 heteroatoms. The monoisotopic (exact) mass is 228 g/mol. The molecular formula is C12H24N2O2. The normalized spacial score (nSPS) is 19.0. The molecule has 1 aliphatic heterocycles. The molecule has 0 aromatic rings. The van der Waals surface area contributed by atoms with Crippen molar-refractivity contribution >= 4 is 5.91 Å². The summed E-state index contributed by atoms with van der Waals surface area (Å²) in [6, 6.07) is 0. The Hall–Kier alpha value is -0.610. The molecule has 4 nitrogen and oxygen atoms in total. The topological polar surface area (TPSA) is 50.4 Å². The molecule has 16 heavy (non-hydrogen) atoms. The van der Waals surface area contributed by atoms with Crippen molar-refractivity contribution in [1.29, 1.82) is 0 Å². The van der Waals surface area contributed by atoms with Gasteiger partial charge in [0, 0.05) is 30.5 Å². The molecule has 0 spiro atoms. The van der Waals surface area contributed by atoms with Crippen LogP contribution in [-0.4, -0.2) is 37.7 Å². The minimum absolute atomic E-state index is 0.106. The Kier molecular flexibility index (Phi) is 4.33. The van der Waals surface area contributed by atoms with Gasteiger partial charge >= 0.3 is 0 Å². The van der Waals surface area contributed by atoms with Crippen molar-refractivity contribution in [3.8, 4) is 0 Å². The van der Waals surface area contributed by atoms with E-state index in [9.17, 15) is 4.79 Å². The quantitative estimate of drug-likeness (QED) is 0.688. The standard InChI is InChI=1S/C12H24N2O2/c1-11(2,3)14-10(15)5-6-13-7-12(4)8-16-9-12/h13H,5-9H2,1-4H3,(H,14,15). The smallest absolute Gasteiger partial charge is 0.221 e. The number of carbonyl (C=O) groups is 1. The fourth-order valence-electron chi connectivity index (χ4n) is 1.63. The van der Waals surface area contributed by atoms with E-state index in [4.69, 9.17) is 4.74 Å². The first-order valence-electron chi connectivity index (χ1n) is 5.90. The summed E-state index contributed by atoms with van der Waals surface area (Å²) in [6.07, 6.45) is 0.536. The van der Waals surface area contributed by atoms with Crippen LogP contribution in [0.15, 0.2) is 0 Å². The highest BCUT2D eigenvalue weighted by Gasteiger charge is 2.32. The zero-order valence-electron chi connectivity index (χ0n) is 10.9. The van der Waals surface area contributed by atoms with Crippen LogP contribution in [0.25, 0.3) is 0 Å². The molecule has 0 saturated carbocycles. The van der Waals surface area contributed by atoms with Crippen molar-refractivity contribution in [3.63, 3.8) is 0 Å². The maximum atomic E-state index is 11.5. The number of rotatable bonds is 5. The lowest BCUT2D eigenvalue weighted by Gasteiger charge is -2.38. The van der Waals surface area contributed by atoms with E-state index < -0.39 is 0 Å². The molecule has 1 fully saturated rings. The second kappa shape index (κ2) is 5.15. The van der Waals surface area contributed by atoms with Crippen LogP contribution in [0.1, 0.15) is 34.1 Å². The van der Waals surface area contributed by atoms with E-state index in [1.165, 1.54) is 0 Å². The largest absolute Gasteiger partial charge is 0.380 e. The van der Waals surface area contributed by atoms with Crippen LogP contribution in [0, 0.1) is 5.41 Å². The first-order valence-corrected chi connectivity index (χ1v) is 5.90. The van der Waals surface area contributed by atoms with Crippen molar-refractivity contribution in [2.75, 3.05) is 26.3 Å². The molecule has 1 amide bonds. The predicted molar refractivity (Wildman–Crippen MR) is 64.3 cm³/mol. The Labute approximate surface area is 98.1 Å². The van der Waals surface area contributed by atoms with Gasteiger partial charge in [0.2, 0.25) is 5.91 Å². The Bertz CT molecular complexity index is 242. The summed E-state index contributed by atoms with van der Waals surface area (Å²) in [5.41, 5.74) is 0.144. The zero-order valence-corrected chi connectivity index (χ0v) is 10.9. The highest BCUT2D eigenvalue weighted by molar-refractivity contribution is 5.76. The van der Waals surface area contributed by atoms with Crippen LogP contribution in [-0.2, 0) is 9.53 Å². The Morgan fingerprint density at radius 3 is 2.44 bits per heavy atom. The van der Waals surface area contributed by atoms with Gasteiger partial charge < -0.3 is 15.4 Å². The number of amides is 1. The fourth-order valence-corrected chi connectivity index (χ4v) is 1.63. The Balaban J connectivity index is 2.04. The lowest BCUT2D eigenvalue weighted by atomic mass is 9.89. The van der Waals surface area contributed by atoms with Gasteiger partial charge in [-0.3, -0.25) is 4.79 Å². The van der Waals surface area contributed by atoms with Crippen LogP contribution in [0.3, 0.4) is 0 Å². The minimum Gasteiger partial charge on any atom is -0.380 e. The van der Waals surface area contributed by atoms with E-state index in [2.05, 4.69) is 17.6 Å². The van der Waals surface area contributed by atoms with Gasteiger partial charge in [-0.05, 0) is 20.8 Å². The average molecular weight is 228 g/mol. The molecule has 1 saturated heterocycles. The lowest BCUT2D eigenvalue weighted by Crippen LogP contribution is -2.48. The summed E-state index contributed by atoms with van der Waals surface area (Å²) in [6.45, 7) is 11.5. The maximum absolute atomic E-state index is 11.5. The van der Waals surface area contributed by atoms with Crippen LogP contribution in [0.2, 0.25) is 0 Å². The Morgan fingerprint density at radius 1 is 1.38 bits per heavy atom. The summed E-state index contributed by atoms with van der Waals surface area (Å²) >= 11 is 0. The lowest BCUT2D eigenvalue weighted by molar-refractivity contribution is -0.122. The van der Waals surface area contributed by atoms with Crippen molar-refractivity contribution in [3.05, 3.63) is 0 Å². The van der Waals surface area contributed by atoms with E-state index in [0.717, 1.165) is 26.3 Å². The first-order chi connectivity index (χ1) is 7.31. The molecule has 0 radical (unpaired) electrons. The highest BCUT2D eigenvalue weighted by atomic mass is 16.5. The molecule has 0 aromatic heterocycles. The van der Waals surface area contributed by atoms with E-state index in [0.29, 0.717) is 6.42 Å². The van der Waals surface area contributed by atoms with Crippen molar-refractivity contribution < 1.29 is 9.53 Å². The van der Waals surface area contributed by atoms with Gasteiger partial charge in [0.15, 0.2) is 0 Å². The molecule has 1 rings (SSSR count). The summed E-state index contributed by atoms with van der Waals surface area (Å²) in [7, 11) is 0. The number of hydrogen-bond donors (Lipinski definition) is 2. The molecule has 0 unspecified atom stereocenters. The molecule has 0 aromatic carbocycles. The van der Waals surface area contributed by atoms with Gasteiger partial charge in [-0.25, -0.2) is 0 Å². The molecule has 1 heterocycles. The van der Waals surface area contributed by atoms with Crippen LogP contribution in [0.4, 0.5) is 0 Å². The molecule has 94 valence electrons. The highest BCUT2D eigenvalue weighted by Crippen LogP contribution is 2.24. The third-order valence-electron chi connectivity index (χ3n) is 2.50. The van der Waals surface area contributed by atoms with Crippen molar-refractivity contribution in [1.82, 2.24) is 10.6 Å². The number of ether oxygens (including phenoxy) is 1. The summed E-state index contributed by atoms with van der Waals surface area (Å²) in [4.78, 5) is 11.5. The first kappa shape index (κ1) is 13.5. The van der Waals surface area contributed by atoms with E-state index in [1.54, 1.807) is 0 Å². The number of nitrogens with one attached hydrogen (secondary N) is 2. The number of hydrogen-bond acceptors (Lipinski definition) is 3. The van der Waals surface area contributed by atoms with Crippen LogP contribution < -0.4 is 10.6 Å². The van der Waals surface area contributed by atoms with Gasteiger partial charge in [-0.15, -0.1) is 0 Å². The summed E-state index contributed by atoms with van der Waals surface area (Å²) in [5, 5.41) is 6.24. The third kappa shape index (κ3) is 4.94. The second-order valence-electron chi connectivity index (χ2n) is 6.03. The summed E-state index contributed by atoms with van der Waals surface area (Å²) in [5.74, 6) is 0.106. The van der Waals surface area contributed by atoms with Gasteiger partial charge in [0.25, 0.3) is 0 Å².